The number of rotatable bonds is 16. The highest BCUT2D eigenvalue weighted by Crippen LogP contribution is 2.11. The highest BCUT2D eigenvalue weighted by Gasteiger charge is 2.31. The molecule has 1 aromatic carbocycles. The molecule has 1 rings (SSSR count). The van der Waals surface area contributed by atoms with Gasteiger partial charge < -0.3 is 37.0 Å². The van der Waals surface area contributed by atoms with E-state index in [1.165, 1.54) is 42.6 Å². The molecule has 0 aliphatic heterocycles. The Balaban J connectivity index is 2.92. The molecular weight excluding hydrogens is 508 g/mol. The molecule has 8 N–H and O–H groups in total. The standard InChI is InChI=1S/C23H36N4O7S2/c1-13(28)19(23(33)34)27-22(32)18(9-11-36-3)26-21(31)17(8-10-35-2)25-20(30)16(24)12-14-4-6-15(29)7-5-14/h4-7,13,16-19,28-29H,8-12,24H2,1-3H3,(H,25,30)(H,26,31)(H,27,32)(H,33,34). The van der Waals surface area contributed by atoms with Crippen molar-refractivity contribution >= 4 is 47.2 Å². The Hall–Kier alpha value is -2.48. The average Bonchev–Trinajstić information content (AvgIpc) is 2.83. The minimum Gasteiger partial charge on any atom is -0.508 e. The molecule has 11 nitrogen and oxygen atoms in total. The molecule has 36 heavy (non-hydrogen) atoms. The lowest BCUT2D eigenvalue weighted by Gasteiger charge is -2.25. The molecule has 0 fully saturated rings. The van der Waals surface area contributed by atoms with Crippen molar-refractivity contribution in [2.24, 2.45) is 5.73 Å². The Bertz CT molecular complexity index is 871. The van der Waals surface area contributed by atoms with Crippen LogP contribution in [-0.2, 0) is 25.6 Å². The molecule has 13 heteroatoms. The summed E-state index contributed by atoms with van der Waals surface area (Å²) in [6, 6.07) is 1.76. The number of thioether (sulfide) groups is 2. The number of phenols is 1. The maximum Gasteiger partial charge on any atom is 0.328 e. The third kappa shape index (κ3) is 11.1. The second-order valence-electron chi connectivity index (χ2n) is 8.23. The predicted molar refractivity (Wildman–Crippen MR) is 141 cm³/mol. The SMILES string of the molecule is CSCCC(NC(=O)C(N)Cc1ccc(O)cc1)C(=O)NC(CCSC)C(=O)NC(C(=O)O)C(C)O. The van der Waals surface area contributed by atoms with Crippen LogP contribution < -0.4 is 21.7 Å². The van der Waals surface area contributed by atoms with Crippen LogP contribution in [0.1, 0.15) is 25.3 Å². The van der Waals surface area contributed by atoms with Crippen LogP contribution in [0.5, 0.6) is 5.75 Å². The van der Waals surface area contributed by atoms with E-state index in [1.54, 1.807) is 12.1 Å². The molecule has 0 saturated heterocycles. The van der Waals surface area contributed by atoms with Gasteiger partial charge in [-0.1, -0.05) is 12.1 Å². The van der Waals surface area contributed by atoms with Crippen LogP contribution in [-0.4, -0.2) is 93.3 Å². The number of hydrogen-bond donors (Lipinski definition) is 7. The van der Waals surface area contributed by atoms with Crippen LogP contribution in [0.3, 0.4) is 0 Å². The van der Waals surface area contributed by atoms with Crippen molar-refractivity contribution in [3.8, 4) is 5.75 Å². The average molecular weight is 545 g/mol. The fourth-order valence-electron chi connectivity index (χ4n) is 3.18. The molecule has 0 saturated carbocycles. The maximum atomic E-state index is 13.1. The van der Waals surface area contributed by atoms with E-state index >= 15 is 0 Å². The monoisotopic (exact) mass is 544 g/mol. The topological polar surface area (TPSA) is 191 Å². The molecule has 5 unspecified atom stereocenters. The van der Waals surface area contributed by atoms with E-state index in [0.29, 0.717) is 11.5 Å². The number of nitrogens with two attached hydrogens (primary N) is 1. The zero-order valence-corrected chi connectivity index (χ0v) is 22.2. The van der Waals surface area contributed by atoms with E-state index < -0.39 is 54.0 Å². The van der Waals surface area contributed by atoms with Gasteiger partial charge >= 0.3 is 5.97 Å². The van der Waals surface area contributed by atoms with Crippen LogP contribution >= 0.6 is 23.5 Å². The first kappa shape index (κ1) is 31.5. The number of aromatic hydroxyl groups is 1. The predicted octanol–water partition coefficient (Wildman–Crippen LogP) is -0.312. The molecule has 1 aromatic rings. The summed E-state index contributed by atoms with van der Waals surface area (Å²) in [4.78, 5) is 49.9. The first-order valence-electron chi connectivity index (χ1n) is 11.3. The number of aliphatic hydroxyl groups is 1. The van der Waals surface area contributed by atoms with Crippen LogP contribution in [0.15, 0.2) is 24.3 Å². The molecule has 0 aliphatic rings. The third-order valence-electron chi connectivity index (χ3n) is 5.26. The van der Waals surface area contributed by atoms with E-state index in [4.69, 9.17) is 5.73 Å². The van der Waals surface area contributed by atoms with Crippen molar-refractivity contribution in [1.29, 1.82) is 0 Å². The highest BCUT2D eigenvalue weighted by atomic mass is 32.2. The summed E-state index contributed by atoms with van der Waals surface area (Å²) < 4.78 is 0. The van der Waals surface area contributed by atoms with Crippen molar-refractivity contribution in [3.05, 3.63) is 29.8 Å². The van der Waals surface area contributed by atoms with Gasteiger partial charge in [-0.05, 0) is 67.9 Å². The molecule has 3 amide bonds. The van der Waals surface area contributed by atoms with E-state index in [1.807, 2.05) is 12.5 Å². The molecule has 202 valence electrons. The number of aliphatic carboxylic acids is 1. The smallest absolute Gasteiger partial charge is 0.328 e. The van der Waals surface area contributed by atoms with E-state index in [-0.39, 0.29) is 25.0 Å². The van der Waals surface area contributed by atoms with Gasteiger partial charge in [0.1, 0.15) is 17.8 Å². The minimum atomic E-state index is -1.53. The first-order valence-corrected chi connectivity index (χ1v) is 14.1. The second-order valence-corrected chi connectivity index (χ2v) is 10.2. The molecule has 0 heterocycles. The Morgan fingerprint density at radius 3 is 1.81 bits per heavy atom. The van der Waals surface area contributed by atoms with Crippen molar-refractivity contribution in [2.45, 2.75) is 56.5 Å². The molecule has 5 atom stereocenters. The number of hydrogen-bond acceptors (Lipinski definition) is 9. The van der Waals surface area contributed by atoms with Crippen molar-refractivity contribution in [1.82, 2.24) is 16.0 Å². The van der Waals surface area contributed by atoms with Gasteiger partial charge in [-0.25, -0.2) is 4.79 Å². The summed E-state index contributed by atoms with van der Waals surface area (Å²) in [6.07, 6.45) is 3.03. The normalized spacial score (nSPS) is 15.1. The fraction of sp³-hybridized carbons (Fsp3) is 0.565. The van der Waals surface area contributed by atoms with Crippen LogP contribution in [0.2, 0.25) is 0 Å². The van der Waals surface area contributed by atoms with E-state index in [2.05, 4.69) is 16.0 Å². The van der Waals surface area contributed by atoms with Crippen molar-refractivity contribution in [3.63, 3.8) is 0 Å². The minimum absolute atomic E-state index is 0.0914. The van der Waals surface area contributed by atoms with Gasteiger partial charge in [0.05, 0.1) is 12.1 Å². The lowest BCUT2D eigenvalue weighted by atomic mass is 10.0. The van der Waals surface area contributed by atoms with Gasteiger partial charge in [0.2, 0.25) is 17.7 Å². The van der Waals surface area contributed by atoms with Crippen LogP contribution in [0.25, 0.3) is 0 Å². The summed E-state index contributed by atoms with van der Waals surface area (Å²) in [6.45, 7) is 1.24. The zero-order chi connectivity index (χ0) is 27.3. The quantitative estimate of drug-likeness (QED) is 0.145. The molecule has 0 bridgehead atoms. The highest BCUT2D eigenvalue weighted by molar-refractivity contribution is 7.98. The first-order chi connectivity index (χ1) is 17.0. The number of carboxylic acids is 1. The van der Waals surface area contributed by atoms with Gasteiger partial charge in [-0.2, -0.15) is 23.5 Å². The summed E-state index contributed by atoms with van der Waals surface area (Å²) in [5.74, 6) is -2.14. The maximum absolute atomic E-state index is 13.1. The van der Waals surface area contributed by atoms with Gasteiger partial charge in [-0.15, -0.1) is 0 Å². The number of benzene rings is 1. The Morgan fingerprint density at radius 2 is 1.36 bits per heavy atom. The van der Waals surface area contributed by atoms with Crippen LogP contribution in [0, 0.1) is 0 Å². The third-order valence-corrected chi connectivity index (χ3v) is 6.55. The Morgan fingerprint density at radius 1 is 0.889 bits per heavy atom. The summed E-state index contributed by atoms with van der Waals surface area (Å²) in [7, 11) is 0. The van der Waals surface area contributed by atoms with Gasteiger partial charge in [0.15, 0.2) is 6.04 Å². The van der Waals surface area contributed by atoms with Crippen LogP contribution in [0.4, 0.5) is 0 Å². The lowest BCUT2D eigenvalue weighted by molar-refractivity contribution is -0.145. The summed E-state index contributed by atoms with van der Waals surface area (Å²) in [5, 5.41) is 35.8. The number of carboxylic acid groups (broad SMARTS) is 1. The molecule has 0 radical (unpaired) electrons. The second kappa shape index (κ2) is 16.3. The Kier molecular flexibility index (Phi) is 14.3. The summed E-state index contributed by atoms with van der Waals surface area (Å²) >= 11 is 2.92. The Labute approximate surface area is 219 Å². The molecule has 0 aromatic heterocycles. The zero-order valence-electron chi connectivity index (χ0n) is 20.6. The van der Waals surface area contributed by atoms with Crippen molar-refractivity contribution < 1.29 is 34.5 Å². The van der Waals surface area contributed by atoms with Gasteiger partial charge in [-0.3, -0.25) is 14.4 Å². The number of nitrogens with one attached hydrogen (secondary N) is 3. The number of carbonyl (C=O) groups is 4. The largest absolute Gasteiger partial charge is 0.508 e. The molecule has 0 spiro atoms. The van der Waals surface area contributed by atoms with Crippen molar-refractivity contribution in [2.75, 3.05) is 24.0 Å². The van der Waals surface area contributed by atoms with Gasteiger partial charge in [0, 0.05) is 0 Å². The number of phenolic OH excluding ortho intramolecular Hbond substituents is 1. The number of carbonyl (C=O) groups excluding carboxylic acids is 3. The van der Waals surface area contributed by atoms with E-state index in [9.17, 15) is 34.5 Å². The fourth-order valence-corrected chi connectivity index (χ4v) is 4.12. The van der Waals surface area contributed by atoms with Gasteiger partial charge in [0.25, 0.3) is 0 Å². The lowest BCUT2D eigenvalue weighted by Crippen LogP contribution is -2.58. The summed E-state index contributed by atoms with van der Waals surface area (Å²) in [5.41, 5.74) is 6.77. The number of aliphatic hydroxyl groups excluding tert-OH is 1. The molecule has 0 aliphatic carbocycles. The number of amides is 3. The van der Waals surface area contributed by atoms with E-state index in [0.717, 1.165) is 5.56 Å². The molecular formula is C23H36N4O7S2.